The van der Waals surface area contributed by atoms with Gasteiger partial charge < -0.3 is 10.1 Å². The van der Waals surface area contributed by atoms with Crippen molar-refractivity contribution in [1.29, 1.82) is 0 Å². The summed E-state index contributed by atoms with van der Waals surface area (Å²) in [5.74, 6) is 2.21. The molecule has 1 saturated heterocycles. The molecule has 0 spiro atoms. The van der Waals surface area contributed by atoms with Crippen LogP contribution in [0.5, 0.6) is 0 Å². The topological polar surface area (TPSA) is 52.9 Å². The minimum atomic E-state index is 0.145. The standard InChI is InChI=1S/C19H28N2O2/c1-18-6-5-15-14(16(18)8-12(10-18)20-23)11-21(3)17-9-13(22)4-7-19(15,17)2/h9,14-16,23H,4-8,10-11H2,1-3H3/b20-12+/t14-,15+,16+,18-,19-/m1/s1. The molecule has 4 nitrogen and oxygen atoms in total. The molecule has 4 heteroatoms. The van der Waals surface area contributed by atoms with Crippen LogP contribution in [0.2, 0.25) is 0 Å². The number of nitrogens with zero attached hydrogens (tertiary/aromatic N) is 2. The quantitative estimate of drug-likeness (QED) is 0.550. The molecule has 4 aliphatic rings. The highest BCUT2D eigenvalue weighted by Crippen LogP contribution is 2.63. The monoisotopic (exact) mass is 316 g/mol. The van der Waals surface area contributed by atoms with Gasteiger partial charge in [0.1, 0.15) is 0 Å². The van der Waals surface area contributed by atoms with Crippen LogP contribution in [0.3, 0.4) is 0 Å². The molecule has 3 fully saturated rings. The lowest BCUT2D eigenvalue weighted by molar-refractivity contribution is -0.118. The molecular formula is C19H28N2O2. The maximum atomic E-state index is 11.9. The van der Waals surface area contributed by atoms with Crippen LogP contribution in [-0.4, -0.2) is 35.2 Å². The first-order valence-corrected chi connectivity index (χ1v) is 9.03. The van der Waals surface area contributed by atoms with Crippen molar-refractivity contribution in [1.82, 2.24) is 4.90 Å². The van der Waals surface area contributed by atoms with Crippen molar-refractivity contribution < 1.29 is 10.0 Å². The Kier molecular flexibility index (Phi) is 3.20. The molecule has 0 unspecified atom stereocenters. The van der Waals surface area contributed by atoms with Crippen LogP contribution in [0.4, 0.5) is 0 Å². The number of hydrogen-bond acceptors (Lipinski definition) is 4. The van der Waals surface area contributed by atoms with Crippen LogP contribution < -0.4 is 0 Å². The number of carbonyl (C=O) groups excluding carboxylic acids is 1. The summed E-state index contributed by atoms with van der Waals surface area (Å²) in [7, 11) is 2.15. The maximum absolute atomic E-state index is 11.9. The van der Waals surface area contributed by atoms with Gasteiger partial charge in [0.2, 0.25) is 0 Å². The summed E-state index contributed by atoms with van der Waals surface area (Å²) in [6.45, 7) is 5.82. The van der Waals surface area contributed by atoms with E-state index >= 15 is 0 Å². The summed E-state index contributed by atoms with van der Waals surface area (Å²) in [5.41, 5.74) is 2.70. The minimum absolute atomic E-state index is 0.145. The van der Waals surface area contributed by atoms with Crippen molar-refractivity contribution >= 4 is 11.5 Å². The van der Waals surface area contributed by atoms with Crippen LogP contribution in [0.25, 0.3) is 0 Å². The average Bonchev–Trinajstić information content (AvgIpc) is 2.86. The zero-order chi connectivity index (χ0) is 16.4. The second-order valence-electron chi connectivity index (χ2n) is 8.91. The predicted octanol–water partition coefficient (Wildman–Crippen LogP) is 3.46. The molecule has 0 bridgehead atoms. The predicted molar refractivity (Wildman–Crippen MR) is 89.3 cm³/mol. The van der Waals surface area contributed by atoms with Gasteiger partial charge in [0.15, 0.2) is 5.78 Å². The Morgan fingerprint density at radius 2 is 2.09 bits per heavy atom. The van der Waals surface area contributed by atoms with Crippen LogP contribution in [0.15, 0.2) is 16.9 Å². The molecule has 0 aromatic rings. The van der Waals surface area contributed by atoms with Gasteiger partial charge in [0.25, 0.3) is 0 Å². The molecule has 23 heavy (non-hydrogen) atoms. The van der Waals surface area contributed by atoms with E-state index in [9.17, 15) is 10.0 Å². The van der Waals surface area contributed by atoms with Crippen LogP contribution >= 0.6 is 0 Å². The number of oxime groups is 1. The van der Waals surface area contributed by atoms with E-state index in [-0.39, 0.29) is 5.41 Å². The van der Waals surface area contributed by atoms with Crippen LogP contribution in [-0.2, 0) is 4.79 Å². The lowest BCUT2D eigenvalue weighted by atomic mass is 9.50. The average molecular weight is 316 g/mol. The molecular weight excluding hydrogens is 288 g/mol. The molecule has 1 N–H and O–H groups in total. The van der Waals surface area contributed by atoms with Gasteiger partial charge in [0, 0.05) is 37.2 Å². The molecule has 0 aromatic carbocycles. The number of rotatable bonds is 0. The summed E-state index contributed by atoms with van der Waals surface area (Å²) >= 11 is 0. The highest BCUT2D eigenvalue weighted by atomic mass is 16.4. The van der Waals surface area contributed by atoms with E-state index in [0.717, 1.165) is 31.5 Å². The van der Waals surface area contributed by atoms with Gasteiger partial charge in [-0.15, -0.1) is 0 Å². The number of allylic oxidation sites excluding steroid dienone is 2. The zero-order valence-corrected chi connectivity index (χ0v) is 14.5. The van der Waals surface area contributed by atoms with Gasteiger partial charge in [0.05, 0.1) is 5.71 Å². The largest absolute Gasteiger partial charge is 0.411 e. The number of fused-ring (bicyclic) bond motifs is 5. The second kappa shape index (κ2) is 4.84. The van der Waals surface area contributed by atoms with Crippen molar-refractivity contribution in [3.8, 4) is 0 Å². The van der Waals surface area contributed by atoms with Crippen molar-refractivity contribution in [3.05, 3.63) is 11.8 Å². The number of carbonyl (C=O) groups is 1. The van der Waals surface area contributed by atoms with Gasteiger partial charge in [-0.05, 0) is 55.3 Å². The number of piperidine rings is 1. The lowest BCUT2D eigenvalue weighted by Crippen LogP contribution is -2.56. The van der Waals surface area contributed by atoms with E-state index in [1.54, 1.807) is 0 Å². The minimum Gasteiger partial charge on any atom is -0.411 e. The molecule has 5 atom stereocenters. The van der Waals surface area contributed by atoms with Gasteiger partial charge in [-0.1, -0.05) is 19.0 Å². The molecule has 126 valence electrons. The third-order valence-electron chi connectivity index (χ3n) is 7.65. The first kappa shape index (κ1) is 15.2. The lowest BCUT2D eigenvalue weighted by Gasteiger charge is -2.59. The van der Waals surface area contributed by atoms with E-state index < -0.39 is 0 Å². The van der Waals surface area contributed by atoms with Crippen molar-refractivity contribution in [2.24, 2.45) is 33.7 Å². The molecule has 0 aromatic heterocycles. The molecule has 1 heterocycles. The van der Waals surface area contributed by atoms with E-state index in [1.165, 1.54) is 18.5 Å². The van der Waals surface area contributed by atoms with E-state index in [0.29, 0.717) is 35.4 Å². The number of likely N-dealkylation sites (tertiary alicyclic amines) is 1. The van der Waals surface area contributed by atoms with E-state index in [4.69, 9.17) is 0 Å². The van der Waals surface area contributed by atoms with Gasteiger partial charge in [-0.2, -0.15) is 0 Å². The van der Waals surface area contributed by atoms with E-state index in [2.05, 4.69) is 31.0 Å². The number of hydrogen-bond donors (Lipinski definition) is 1. The summed E-state index contributed by atoms with van der Waals surface area (Å²) in [4.78, 5) is 14.3. The fourth-order valence-corrected chi connectivity index (χ4v) is 6.45. The van der Waals surface area contributed by atoms with Crippen LogP contribution in [0, 0.1) is 28.6 Å². The Bertz CT molecular complexity index is 610. The third kappa shape index (κ3) is 2.03. The zero-order valence-electron chi connectivity index (χ0n) is 14.5. The summed E-state index contributed by atoms with van der Waals surface area (Å²) in [6, 6.07) is 0. The van der Waals surface area contributed by atoms with Crippen molar-refractivity contribution in [3.63, 3.8) is 0 Å². The molecule has 4 rings (SSSR count). The summed E-state index contributed by atoms with van der Waals surface area (Å²) in [6.07, 6.45) is 7.98. The third-order valence-corrected chi connectivity index (χ3v) is 7.65. The van der Waals surface area contributed by atoms with Gasteiger partial charge in [-0.25, -0.2) is 0 Å². The van der Waals surface area contributed by atoms with Crippen molar-refractivity contribution in [2.45, 2.75) is 52.4 Å². The van der Waals surface area contributed by atoms with E-state index in [1.807, 2.05) is 6.08 Å². The number of ketones is 1. The molecule has 3 aliphatic carbocycles. The highest BCUT2D eigenvalue weighted by Gasteiger charge is 2.58. The Hall–Kier alpha value is -1.32. The summed E-state index contributed by atoms with van der Waals surface area (Å²) < 4.78 is 0. The maximum Gasteiger partial charge on any atom is 0.157 e. The second-order valence-corrected chi connectivity index (χ2v) is 8.91. The molecule has 1 aliphatic heterocycles. The van der Waals surface area contributed by atoms with Gasteiger partial charge >= 0.3 is 0 Å². The normalized spacial score (nSPS) is 47.9. The molecule has 2 saturated carbocycles. The Balaban J connectivity index is 1.72. The molecule has 0 amide bonds. The highest BCUT2D eigenvalue weighted by molar-refractivity contribution is 5.91. The fraction of sp³-hybridized carbons (Fsp3) is 0.789. The molecule has 0 radical (unpaired) electrons. The smallest absolute Gasteiger partial charge is 0.157 e. The first-order chi connectivity index (χ1) is 10.9. The Morgan fingerprint density at radius 3 is 2.83 bits per heavy atom. The van der Waals surface area contributed by atoms with Gasteiger partial charge in [-0.3, -0.25) is 4.79 Å². The Labute approximate surface area is 138 Å². The fourth-order valence-electron chi connectivity index (χ4n) is 6.45. The summed E-state index contributed by atoms with van der Waals surface area (Å²) in [5, 5.41) is 12.8. The van der Waals surface area contributed by atoms with Crippen molar-refractivity contribution in [2.75, 3.05) is 13.6 Å². The first-order valence-electron chi connectivity index (χ1n) is 9.03. The van der Waals surface area contributed by atoms with Crippen LogP contribution in [0.1, 0.15) is 52.4 Å². The Morgan fingerprint density at radius 1 is 1.30 bits per heavy atom. The SMILES string of the molecule is CN1C[C@H]2[C@@H]3C/C(=N\O)C[C@@]3(C)CC[C@@H]2[C@@]2(C)CCC(=O)C=C12.